The number of benzene rings is 1. The number of piperidine rings is 1. The monoisotopic (exact) mass is 522 g/mol. The number of carbonyl (C=O) groups is 2. The molecule has 2 bridgehead atoms. The highest BCUT2D eigenvalue weighted by Crippen LogP contribution is 2.62. The van der Waals surface area contributed by atoms with Crippen LogP contribution in [0.4, 0.5) is 4.79 Å². The molecule has 1 aromatic carbocycles. The number of hydrogen-bond donors (Lipinski definition) is 2. The molecule has 2 N–H and O–H groups in total. The molecule has 5 aliphatic rings. The molecule has 0 radical (unpaired) electrons. The zero-order chi connectivity index (χ0) is 26.4. The summed E-state index contributed by atoms with van der Waals surface area (Å²) in [6, 6.07) is 3.79. The Labute approximate surface area is 226 Å². The van der Waals surface area contributed by atoms with Crippen molar-refractivity contribution < 1.29 is 19.1 Å². The lowest BCUT2D eigenvalue weighted by Gasteiger charge is -2.55. The minimum atomic E-state index is -0.674. The van der Waals surface area contributed by atoms with Gasteiger partial charge in [-0.25, -0.2) is 9.80 Å². The summed E-state index contributed by atoms with van der Waals surface area (Å²) in [4.78, 5) is 29.0. The molecular formula is C30H42N4O4. The summed E-state index contributed by atoms with van der Waals surface area (Å²) in [7, 11) is 2.23. The first kappa shape index (κ1) is 25.7. The number of carbonyl (C=O) groups excluding carboxylic acids is 2. The van der Waals surface area contributed by atoms with Gasteiger partial charge >= 0.3 is 6.09 Å². The topological polar surface area (TPSA) is 83.1 Å². The number of hydrogen-bond acceptors (Lipinski definition) is 6. The van der Waals surface area contributed by atoms with Gasteiger partial charge in [0.05, 0.1) is 0 Å². The zero-order valence-corrected chi connectivity index (χ0v) is 23.0. The first-order valence-corrected chi connectivity index (χ1v) is 14.7. The maximum absolute atomic E-state index is 13.2. The highest BCUT2D eigenvalue weighted by Gasteiger charge is 2.62. The molecule has 6 rings (SSSR count). The van der Waals surface area contributed by atoms with Crippen LogP contribution in [-0.2, 0) is 16.6 Å². The van der Waals surface area contributed by atoms with E-state index in [4.69, 9.17) is 9.47 Å². The standard InChI is InChI=1S/C30H42N4O4/c1-4-19(2)26(28(35)32-34-15-7-5-6-8-16-34)31-29(36)37-23-13-12-20-18-22-21-10-9-11-24-30(21,14-17-33(22)3)25(20)27(23)38-24/h9-10,12-13,19,21-22,24,26H,4-8,11,14-18H2,1-3H3,(H,31,36)(H,32,35)/t19-,21?,22?,24-,26-,30+/m0/s1. The quantitative estimate of drug-likeness (QED) is 0.551. The van der Waals surface area contributed by atoms with Crippen molar-refractivity contribution in [3.63, 3.8) is 0 Å². The second-order valence-electron chi connectivity index (χ2n) is 12.0. The number of ether oxygens (including phenoxy) is 2. The molecule has 3 aliphatic heterocycles. The van der Waals surface area contributed by atoms with Crippen LogP contribution in [0.15, 0.2) is 24.3 Å². The SMILES string of the molecule is CC[C@H](C)[C@H](NC(=O)Oc1ccc2c3c1O[C@H]1CC=CC4C(C2)N(C)CC[C@@]341)C(=O)NN1CCCCCC1. The average Bonchev–Trinajstić information content (AvgIpc) is 3.05. The molecule has 2 saturated heterocycles. The van der Waals surface area contributed by atoms with Crippen LogP contribution < -0.4 is 20.2 Å². The van der Waals surface area contributed by atoms with E-state index in [1.165, 1.54) is 24.0 Å². The molecule has 1 spiro atoms. The molecule has 2 aliphatic carbocycles. The van der Waals surface area contributed by atoms with Gasteiger partial charge in [0, 0.05) is 42.4 Å². The van der Waals surface area contributed by atoms with E-state index >= 15 is 0 Å². The zero-order valence-electron chi connectivity index (χ0n) is 23.0. The molecule has 38 heavy (non-hydrogen) atoms. The summed E-state index contributed by atoms with van der Waals surface area (Å²) in [5, 5.41) is 4.88. The van der Waals surface area contributed by atoms with E-state index in [0.29, 0.717) is 17.7 Å². The van der Waals surface area contributed by atoms with E-state index in [2.05, 4.69) is 40.9 Å². The van der Waals surface area contributed by atoms with Gasteiger partial charge in [0.15, 0.2) is 11.5 Å². The smallest absolute Gasteiger partial charge is 0.413 e. The highest BCUT2D eigenvalue weighted by atomic mass is 16.6. The molecule has 6 atom stereocenters. The van der Waals surface area contributed by atoms with Crippen molar-refractivity contribution >= 4 is 12.0 Å². The molecule has 8 heteroatoms. The van der Waals surface area contributed by atoms with Crippen molar-refractivity contribution in [1.82, 2.24) is 20.7 Å². The molecule has 2 fully saturated rings. The Balaban J connectivity index is 1.21. The van der Waals surface area contributed by atoms with Crippen LogP contribution in [0.3, 0.4) is 0 Å². The number of nitrogens with one attached hydrogen (secondary N) is 2. The van der Waals surface area contributed by atoms with Gasteiger partial charge in [0.1, 0.15) is 12.1 Å². The third-order valence-electron chi connectivity index (χ3n) is 9.93. The number of hydrazine groups is 1. The number of rotatable bonds is 6. The Morgan fingerprint density at radius 1 is 1.18 bits per heavy atom. The molecule has 0 saturated carbocycles. The predicted octanol–water partition coefficient (Wildman–Crippen LogP) is 3.93. The molecule has 2 amide bonds. The van der Waals surface area contributed by atoms with E-state index in [9.17, 15) is 9.59 Å². The summed E-state index contributed by atoms with van der Waals surface area (Å²) in [5.41, 5.74) is 5.58. The molecule has 2 unspecified atom stereocenters. The lowest BCUT2D eigenvalue weighted by atomic mass is 9.54. The predicted molar refractivity (Wildman–Crippen MR) is 145 cm³/mol. The molecule has 3 heterocycles. The van der Waals surface area contributed by atoms with Crippen LogP contribution in [0, 0.1) is 11.8 Å². The average molecular weight is 523 g/mol. The largest absolute Gasteiger partial charge is 0.485 e. The van der Waals surface area contributed by atoms with E-state index in [1.807, 2.05) is 24.9 Å². The van der Waals surface area contributed by atoms with Crippen LogP contribution in [-0.4, -0.2) is 66.8 Å². The van der Waals surface area contributed by atoms with Gasteiger partial charge in [-0.3, -0.25) is 10.2 Å². The van der Waals surface area contributed by atoms with Gasteiger partial charge < -0.3 is 19.7 Å². The third kappa shape index (κ3) is 4.20. The van der Waals surface area contributed by atoms with E-state index in [1.54, 1.807) is 0 Å². The highest BCUT2D eigenvalue weighted by molar-refractivity contribution is 5.86. The number of nitrogens with zero attached hydrogens (tertiary/aromatic N) is 2. The van der Waals surface area contributed by atoms with Crippen molar-refractivity contribution in [1.29, 1.82) is 0 Å². The van der Waals surface area contributed by atoms with Gasteiger partial charge in [0.2, 0.25) is 0 Å². The fourth-order valence-electron chi connectivity index (χ4n) is 7.65. The summed E-state index contributed by atoms with van der Waals surface area (Å²) >= 11 is 0. The minimum Gasteiger partial charge on any atom is -0.485 e. The molecule has 1 aromatic rings. The summed E-state index contributed by atoms with van der Waals surface area (Å²) in [6.45, 7) is 6.75. The minimum absolute atomic E-state index is 0.0331. The Hall–Kier alpha value is -2.58. The third-order valence-corrected chi connectivity index (χ3v) is 9.93. The van der Waals surface area contributed by atoms with Crippen molar-refractivity contribution in [2.45, 2.75) is 88.8 Å². The Bertz CT molecular complexity index is 1110. The van der Waals surface area contributed by atoms with Crippen LogP contribution >= 0.6 is 0 Å². The summed E-state index contributed by atoms with van der Waals surface area (Å²) in [6.07, 6.45) is 12.3. The first-order chi connectivity index (χ1) is 18.4. The lowest BCUT2D eigenvalue weighted by molar-refractivity contribution is -0.129. The Morgan fingerprint density at radius 2 is 1.97 bits per heavy atom. The van der Waals surface area contributed by atoms with Crippen LogP contribution in [0.2, 0.25) is 0 Å². The second-order valence-corrected chi connectivity index (χ2v) is 12.0. The normalized spacial score (nSPS) is 31.4. The van der Waals surface area contributed by atoms with E-state index in [-0.39, 0.29) is 23.3 Å². The maximum Gasteiger partial charge on any atom is 0.413 e. The van der Waals surface area contributed by atoms with Gasteiger partial charge in [-0.15, -0.1) is 0 Å². The van der Waals surface area contributed by atoms with Gasteiger partial charge in [-0.1, -0.05) is 51.3 Å². The lowest BCUT2D eigenvalue weighted by Crippen LogP contribution is -2.62. The van der Waals surface area contributed by atoms with Gasteiger partial charge in [0.25, 0.3) is 5.91 Å². The second kappa shape index (κ2) is 10.2. The molecule has 0 aromatic heterocycles. The molecule has 206 valence electrons. The summed E-state index contributed by atoms with van der Waals surface area (Å²) in [5.74, 6) is 1.38. The Morgan fingerprint density at radius 3 is 2.74 bits per heavy atom. The van der Waals surface area contributed by atoms with Crippen molar-refractivity contribution in [2.75, 3.05) is 26.7 Å². The number of likely N-dealkylation sites (N-methyl/N-ethyl adjacent to an activating group) is 1. The number of likely N-dealkylation sites (tertiary alicyclic amines) is 1. The van der Waals surface area contributed by atoms with Crippen LogP contribution in [0.25, 0.3) is 0 Å². The van der Waals surface area contributed by atoms with E-state index in [0.717, 1.165) is 63.9 Å². The van der Waals surface area contributed by atoms with Crippen molar-refractivity contribution in [2.24, 2.45) is 11.8 Å². The fraction of sp³-hybridized carbons (Fsp3) is 0.667. The van der Waals surface area contributed by atoms with Crippen molar-refractivity contribution in [3.8, 4) is 11.5 Å². The van der Waals surface area contributed by atoms with Gasteiger partial charge in [-0.05, 0) is 56.8 Å². The molecule has 8 nitrogen and oxygen atoms in total. The molecular weight excluding hydrogens is 480 g/mol. The summed E-state index contributed by atoms with van der Waals surface area (Å²) < 4.78 is 12.5. The van der Waals surface area contributed by atoms with E-state index < -0.39 is 12.1 Å². The first-order valence-electron chi connectivity index (χ1n) is 14.7. The maximum atomic E-state index is 13.2. The van der Waals surface area contributed by atoms with Gasteiger partial charge in [-0.2, -0.15) is 0 Å². The number of amides is 2. The fourth-order valence-corrected chi connectivity index (χ4v) is 7.65. The van der Waals surface area contributed by atoms with Crippen LogP contribution in [0.5, 0.6) is 11.5 Å². The van der Waals surface area contributed by atoms with Crippen molar-refractivity contribution in [3.05, 3.63) is 35.4 Å². The Kier molecular flexibility index (Phi) is 6.89. The van der Waals surface area contributed by atoms with Crippen LogP contribution in [0.1, 0.15) is 69.9 Å².